The molecule has 0 aliphatic carbocycles. The molecule has 2 rings (SSSR count). The van der Waals surface area contributed by atoms with Crippen molar-refractivity contribution in [1.29, 1.82) is 0 Å². The van der Waals surface area contributed by atoms with Crippen molar-refractivity contribution in [2.45, 2.75) is 126 Å². The lowest BCUT2D eigenvalue weighted by Crippen LogP contribution is -2.37. The zero-order chi connectivity index (χ0) is 30.0. The predicted octanol–water partition coefficient (Wildman–Crippen LogP) is 8.03. The van der Waals surface area contributed by atoms with E-state index in [4.69, 9.17) is 14.2 Å². The smallest absolute Gasteiger partial charge is 0.407 e. The molecule has 0 aromatic rings. The van der Waals surface area contributed by atoms with E-state index in [1.54, 1.807) is 0 Å². The molecule has 0 spiro atoms. The molecule has 0 radical (unpaired) electrons. The second-order valence-electron chi connectivity index (χ2n) is 13.2. The first-order chi connectivity index (χ1) is 18.8. The third-order valence-electron chi connectivity index (χ3n) is 8.98. The Bertz CT molecular complexity index is 906. The normalized spacial score (nSPS) is 32.6. The molecule has 40 heavy (non-hydrogen) atoms. The second kappa shape index (κ2) is 15.8. The molecule has 0 bridgehead atoms. The number of alkyl carbamates (subject to hydrolysis) is 1. The Labute approximate surface area is 244 Å². The number of cyclic esters (lactones) is 1. The van der Waals surface area contributed by atoms with Crippen LogP contribution in [0.4, 0.5) is 4.79 Å². The van der Waals surface area contributed by atoms with Crippen molar-refractivity contribution >= 4 is 12.1 Å². The zero-order valence-corrected chi connectivity index (χ0v) is 26.9. The summed E-state index contributed by atoms with van der Waals surface area (Å²) < 4.78 is 17.9. The lowest BCUT2D eigenvalue weighted by atomic mass is 9.78. The second-order valence-corrected chi connectivity index (χ2v) is 13.2. The molecule has 228 valence electrons. The van der Waals surface area contributed by atoms with Gasteiger partial charge in [0, 0.05) is 24.3 Å². The molecule has 1 N–H and O–H groups in total. The van der Waals surface area contributed by atoms with Crippen molar-refractivity contribution in [3.63, 3.8) is 0 Å². The predicted molar refractivity (Wildman–Crippen MR) is 163 cm³/mol. The minimum atomic E-state index is -0.409. The molecular weight excluding hydrogens is 502 g/mol. The van der Waals surface area contributed by atoms with Gasteiger partial charge in [0.15, 0.2) is 0 Å². The highest BCUT2D eigenvalue weighted by atomic mass is 16.6. The SMILES string of the molecule is CCNC(=O)OC1/C=C\C(C)C(/C(C)=C/C=C/C(C)CC2OC2C(C)C(C)CC)OC(=O)CC(C)CCC1(C)C. The van der Waals surface area contributed by atoms with Gasteiger partial charge in [0.25, 0.3) is 0 Å². The molecular formula is C34H57NO5. The van der Waals surface area contributed by atoms with Crippen LogP contribution < -0.4 is 5.32 Å². The van der Waals surface area contributed by atoms with E-state index < -0.39 is 12.2 Å². The van der Waals surface area contributed by atoms with E-state index in [9.17, 15) is 9.59 Å². The molecule has 0 saturated carbocycles. The summed E-state index contributed by atoms with van der Waals surface area (Å²) in [6.07, 6.45) is 14.2. The van der Waals surface area contributed by atoms with Crippen LogP contribution in [0.5, 0.6) is 0 Å². The number of nitrogens with one attached hydrogen (secondary N) is 1. The average Bonchev–Trinajstić information content (AvgIpc) is 3.65. The fourth-order valence-corrected chi connectivity index (χ4v) is 5.53. The van der Waals surface area contributed by atoms with Crippen LogP contribution in [0.2, 0.25) is 0 Å². The van der Waals surface area contributed by atoms with Crippen LogP contribution in [0.25, 0.3) is 0 Å². The van der Waals surface area contributed by atoms with Gasteiger partial charge in [-0.2, -0.15) is 0 Å². The van der Waals surface area contributed by atoms with Crippen LogP contribution in [0, 0.1) is 35.0 Å². The fraction of sp³-hybridized carbons (Fsp3) is 0.765. The Morgan fingerprint density at radius 2 is 1.90 bits per heavy atom. The lowest BCUT2D eigenvalue weighted by Gasteiger charge is -2.34. The first-order valence-electron chi connectivity index (χ1n) is 15.6. The fourth-order valence-electron chi connectivity index (χ4n) is 5.53. The largest absolute Gasteiger partial charge is 0.457 e. The van der Waals surface area contributed by atoms with Gasteiger partial charge in [-0.25, -0.2) is 4.79 Å². The topological polar surface area (TPSA) is 77.2 Å². The quantitative estimate of drug-likeness (QED) is 0.127. The van der Waals surface area contributed by atoms with Gasteiger partial charge in [0.05, 0.1) is 12.2 Å². The Kier molecular flexibility index (Phi) is 13.5. The number of hydrogen-bond acceptors (Lipinski definition) is 5. The summed E-state index contributed by atoms with van der Waals surface area (Å²) in [5, 5.41) is 2.74. The molecule has 9 unspecified atom stereocenters. The van der Waals surface area contributed by atoms with Gasteiger partial charge < -0.3 is 19.5 Å². The van der Waals surface area contributed by atoms with E-state index in [0.717, 1.165) is 24.8 Å². The number of carbonyl (C=O) groups excluding carboxylic acids is 2. The van der Waals surface area contributed by atoms with Crippen LogP contribution in [-0.4, -0.2) is 43.0 Å². The summed E-state index contributed by atoms with van der Waals surface area (Å²) in [7, 11) is 0. The third-order valence-corrected chi connectivity index (χ3v) is 8.98. The summed E-state index contributed by atoms with van der Waals surface area (Å²) in [6.45, 7) is 21.9. The highest BCUT2D eigenvalue weighted by Crippen LogP contribution is 2.38. The minimum absolute atomic E-state index is 0.0837. The molecule has 1 saturated heterocycles. The summed E-state index contributed by atoms with van der Waals surface area (Å²) in [5.41, 5.74) is 0.722. The van der Waals surface area contributed by atoms with Crippen molar-refractivity contribution in [2.75, 3.05) is 6.54 Å². The molecule has 1 amide bonds. The number of ether oxygens (including phenoxy) is 3. The molecule has 9 atom stereocenters. The molecule has 0 aromatic heterocycles. The highest BCUT2D eigenvalue weighted by Gasteiger charge is 2.44. The van der Waals surface area contributed by atoms with E-state index in [2.05, 4.69) is 72.0 Å². The molecule has 0 aromatic carbocycles. The number of amides is 1. The van der Waals surface area contributed by atoms with Crippen LogP contribution in [-0.2, 0) is 19.0 Å². The average molecular weight is 560 g/mol. The van der Waals surface area contributed by atoms with E-state index in [1.807, 2.05) is 32.9 Å². The van der Waals surface area contributed by atoms with Crippen molar-refractivity contribution in [2.24, 2.45) is 35.0 Å². The van der Waals surface area contributed by atoms with Crippen molar-refractivity contribution in [3.05, 3.63) is 36.0 Å². The molecule has 2 aliphatic heterocycles. The standard InChI is InChI=1S/C34H57NO5/c1-11-24(5)27(8)32-28(38-32)20-22(3)14-13-15-25(6)31-26(7)16-17-29(39-33(37)35-12-2)34(9,10)19-18-23(4)21-30(36)40-31/h13-17,22-24,26-29,31-32H,11-12,18-21H2,1-10H3,(H,35,37)/b14-13+,17-16-,25-15+. The minimum Gasteiger partial charge on any atom is -0.457 e. The summed E-state index contributed by atoms with van der Waals surface area (Å²) in [5.74, 6) is 1.61. The zero-order valence-electron chi connectivity index (χ0n) is 26.9. The van der Waals surface area contributed by atoms with Crippen LogP contribution in [0.1, 0.15) is 101 Å². The first-order valence-corrected chi connectivity index (χ1v) is 15.6. The van der Waals surface area contributed by atoms with Crippen LogP contribution in [0.3, 0.4) is 0 Å². The summed E-state index contributed by atoms with van der Waals surface area (Å²) in [4.78, 5) is 25.2. The van der Waals surface area contributed by atoms with Gasteiger partial charge in [-0.1, -0.05) is 86.1 Å². The maximum atomic E-state index is 12.9. The number of carbonyl (C=O) groups is 2. The number of rotatable bonds is 10. The Hall–Kier alpha value is -2.08. The molecule has 2 aliphatic rings. The van der Waals surface area contributed by atoms with E-state index in [1.165, 1.54) is 6.42 Å². The van der Waals surface area contributed by atoms with E-state index >= 15 is 0 Å². The first kappa shape index (κ1) is 34.1. The van der Waals surface area contributed by atoms with Crippen molar-refractivity contribution in [3.8, 4) is 0 Å². The number of esters is 1. The Morgan fingerprint density at radius 3 is 2.55 bits per heavy atom. The molecule has 6 heteroatoms. The maximum absolute atomic E-state index is 12.9. The lowest BCUT2D eigenvalue weighted by molar-refractivity contribution is -0.149. The van der Waals surface area contributed by atoms with Gasteiger partial charge in [-0.05, 0) is 68.4 Å². The molecule has 1 fully saturated rings. The van der Waals surface area contributed by atoms with Crippen LogP contribution in [0.15, 0.2) is 36.0 Å². The monoisotopic (exact) mass is 559 g/mol. The van der Waals surface area contributed by atoms with E-state index in [-0.39, 0.29) is 29.3 Å². The van der Waals surface area contributed by atoms with E-state index in [0.29, 0.717) is 42.9 Å². The van der Waals surface area contributed by atoms with Gasteiger partial charge in [-0.15, -0.1) is 0 Å². The number of epoxide rings is 1. The van der Waals surface area contributed by atoms with Gasteiger partial charge in [-0.3, -0.25) is 4.79 Å². The summed E-state index contributed by atoms with van der Waals surface area (Å²) >= 11 is 0. The number of allylic oxidation sites excluding steroid dienone is 3. The van der Waals surface area contributed by atoms with Crippen molar-refractivity contribution < 1.29 is 23.8 Å². The molecule has 2 heterocycles. The van der Waals surface area contributed by atoms with Gasteiger partial charge in [0.2, 0.25) is 0 Å². The van der Waals surface area contributed by atoms with Gasteiger partial charge in [0.1, 0.15) is 12.2 Å². The van der Waals surface area contributed by atoms with Crippen LogP contribution >= 0.6 is 0 Å². The molecule has 6 nitrogen and oxygen atoms in total. The van der Waals surface area contributed by atoms with Crippen molar-refractivity contribution in [1.82, 2.24) is 5.32 Å². The maximum Gasteiger partial charge on any atom is 0.407 e. The highest BCUT2D eigenvalue weighted by molar-refractivity contribution is 5.70. The Balaban J connectivity index is 2.15. The Morgan fingerprint density at radius 1 is 1.20 bits per heavy atom. The third kappa shape index (κ3) is 10.7. The number of hydrogen-bond donors (Lipinski definition) is 1. The van der Waals surface area contributed by atoms with Gasteiger partial charge >= 0.3 is 12.1 Å². The summed E-state index contributed by atoms with van der Waals surface area (Å²) in [6, 6.07) is 0.